The molecule has 252 valence electrons. The van der Waals surface area contributed by atoms with E-state index in [1.807, 2.05) is 0 Å². The number of carbonyl (C=O) groups is 3. The molecule has 2 amide bonds. The molecule has 13 heteroatoms. The molecule has 0 bridgehead atoms. The zero-order valence-electron chi connectivity index (χ0n) is 26.4. The monoisotopic (exact) mass is 628 g/mol. The van der Waals surface area contributed by atoms with Crippen molar-refractivity contribution >= 4 is 17.8 Å². The molecular formula is C31H52N2O11. The van der Waals surface area contributed by atoms with Gasteiger partial charge in [0.05, 0.1) is 92.5 Å². The molecular weight excluding hydrogens is 576 g/mol. The number of Topliss-reactive ketones (excluding diaryl/α,β-unsaturated/α-hetero) is 1. The Balaban J connectivity index is 1.39. The lowest BCUT2D eigenvalue weighted by molar-refractivity contribution is -0.126. The first-order chi connectivity index (χ1) is 21.5. The van der Waals surface area contributed by atoms with E-state index in [2.05, 4.69) is 22.5 Å². The van der Waals surface area contributed by atoms with Crippen molar-refractivity contribution < 1.29 is 52.3 Å². The molecule has 44 heavy (non-hydrogen) atoms. The molecule has 0 radical (unpaired) electrons. The van der Waals surface area contributed by atoms with Crippen LogP contribution in [0.1, 0.15) is 39.0 Å². The SMILES string of the molecule is COCCOCCOCCOCCOCCOCCOCCNC(=O)[C@H](CC(C)=O)NC(=O)OCC1[C@H]2CCC#CCC[C@@H]12. The number of amides is 2. The van der Waals surface area contributed by atoms with Crippen molar-refractivity contribution in [2.24, 2.45) is 17.8 Å². The number of alkyl carbamates (subject to hydrolysis) is 1. The van der Waals surface area contributed by atoms with E-state index in [0.29, 0.717) is 104 Å². The maximum absolute atomic E-state index is 12.6. The Morgan fingerprint density at radius 2 is 1.16 bits per heavy atom. The molecule has 2 N–H and O–H groups in total. The topological polar surface area (TPSA) is 149 Å². The number of methoxy groups -OCH3 is 1. The van der Waals surface area contributed by atoms with Crippen LogP contribution in [0.5, 0.6) is 0 Å². The summed E-state index contributed by atoms with van der Waals surface area (Å²) in [6, 6.07) is -1.00. The van der Waals surface area contributed by atoms with Crippen LogP contribution in [0.15, 0.2) is 0 Å². The van der Waals surface area contributed by atoms with Crippen LogP contribution < -0.4 is 10.6 Å². The van der Waals surface area contributed by atoms with Gasteiger partial charge in [-0.3, -0.25) is 9.59 Å². The molecule has 2 aliphatic carbocycles. The number of hydrogen-bond acceptors (Lipinski definition) is 11. The van der Waals surface area contributed by atoms with Gasteiger partial charge in [-0.2, -0.15) is 0 Å². The van der Waals surface area contributed by atoms with Gasteiger partial charge in [0.25, 0.3) is 0 Å². The minimum atomic E-state index is -1.00. The molecule has 0 aromatic rings. The first-order valence-corrected chi connectivity index (χ1v) is 15.6. The highest BCUT2D eigenvalue weighted by atomic mass is 16.6. The summed E-state index contributed by atoms with van der Waals surface area (Å²) in [7, 11) is 1.63. The summed E-state index contributed by atoms with van der Waals surface area (Å²) in [5, 5.41) is 5.23. The summed E-state index contributed by atoms with van der Waals surface area (Å²) in [5.41, 5.74) is 0. The quantitative estimate of drug-likeness (QED) is 0.100. The predicted molar refractivity (Wildman–Crippen MR) is 160 cm³/mol. The average Bonchev–Trinajstić information content (AvgIpc) is 3.64. The lowest BCUT2D eigenvalue weighted by Crippen LogP contribution is -2.48. The molecule has 1 fully saturated rings. The third kappa shape index (κ3) is 18.5. The molecule has 0 saturated heterocycles. The smallest absolute Gasteiger partial charge is 0.407 e. The van der Waals surface area contributed by atoms with Crippen LogP contribution in [0, 0.1) is 29.6 Å². The maximum Gasteiger partial charge on any atom is 0.407 e. The van der Waals surface area contributed by atoms with Gasteiger partial charge in [-0.15, -0.1) is 11.8 Å². The van der Waals surface area contributed by atoms with E-state index in [-0.39, 0.29) is 25.4 Å². The molecule has 0 heterocycles. The molecule has 0 spiro atoms. The van der Waals surface area contributed by atoms with Crippen LogP contribution in [0.25, 0.3) is 0 Å². The van der Waals surface area contributed by atoms with Crippen molar-refractivity contribution in [2.45, 2.75) is 45.1 Å². The predicted octanol–water partition coefficient (Wildman–Crippen LogP) is 1.36. The summed E-state index contributed by atoms with van der Waals surface area (Å²) in [6.45, 7) is 7.93. The van der Waals surface area contributed by atoms with E-state index < -0.39 is 18.0 Å². The Kier molecular flexibility index (Phi) is 21.5. The minimum absolute atomic E-state index is 0.115. The largest absolute Gasteiger partial charge is 0.449 e. The number of ketones is 1. The van der Waals surface area contributed by atoms with Gasteiger partial charge in [0.15, 0.2) is 0 Å². The number of rotatable bonds is 27. The van der Waals surface area contributed by atoms with Crippen LogP contribution in [0.3, 0.4) is 0 Å². The van der Waals surface area contributed by atoms with Gasteiger partial charge < -0.3 is 48.5 Å². The highest BCUT2D eigenvalue weighted by molar-refractivity contribution is 5.90. The van der Waals surface area contributed by atoms with E-state index in [1.165, 1.54) is 6.92 Å². The van der Waals surface area contributed by atoms with Gasteiger partial charge in [0.2, 0.25) is 5.91 Å². The molecule has 2 aliphatic rings. The Morgan fingerprint density at radius 3 is 1.61 bits per heavy atom. The fraction of sp³-hybridized carbons (Fsp3) is 0.839. The Bertz CT molecular complexity index is 845. The summed E-state index contributed by atoms with van der Waals surface area (Å²) < 4.78 is 42.8. The number of fused-ring (bicyclic) bond motifs is 1. The van der Waals surface area contributed by atoms with Crippen LogP contribution >= 0.6 is 0 Å². The van der Waals surface area contributed by atoms with Crippen molar-refractivity contribution in [1.82, 2.24) is 10.6 Å². The lowest BCUT2D eigenvalue weighted by atomic mass is 10.1. The third-order valence-corrected chi connectivity index (χ3v) is 7.18. The van der Waals surface area contributed by atoms with Gasteiger partial charge >= 0.3 is 6.09 Å². The highest BCUT2D eigenvalue weighted by Gasteiger charge is 2.49. The molecule has 4 atom stereocenters. The Labute approximate surface area is 261 Å². The first kappa shape index (κ1) is 37.9. The second kappa shape index (κ2) is 24.9. The minimum Gasteiger partial charge on any atom is -0.449 e. The molecule has 2 rings (SSSR count). The molecule has 13 nitrogen and oxygen atoms in total. The number of hydrogen-bond donors (Lipinski definition) is 2. The van der Waals surface area contributed by atoms with Gasteiger partial charge in [-0.25, -0.2) is 4.79 Å². The fourth-order valence-corrected chi connectivity index (χ4v) is 4.85. The Morgan fingerprint density at radius 1 is 0.705 bits per heavy atom. The van der Waals surface area contributed by atoms with Crippen LogP contribution in [-0.4, -0.2) is 130 Å². The van der Waals surface area contributed by atoms with E-state index >= 15 is 0 Å². The van der Waals surface area contributed by atoms with E-state index in [1.54, 1.807) is 7.11 Å². The molecule has 0 aromatic heterocycles. The van der Waals surface area contributed by atoms with Gasteiger partial charge in [-0.1, -0.05) is 0 Å². The number of carbonyl (C=O) groups excluding carboxylic acids is 3. The number of nitrogens with one attached hydrogen (secondary N) is 2. The third-order valence-electron chi connectivity index (χ3n) is 7.18. The molecule has 0 aromatic carbocycles. The standard InChI is InChI=1S/C31H52N2O11/c1-25(34)23-29(33-31(36)44-24-28-26-7-5-3-4-6-8-27(26)28)30(35)32-9-10-38-13-14-40-17-18-42-21-22-43-20-19-41-16-15-39-12-11-37-2/h26-29H,5-24H2,1-2H3,(H,32,35)(H,33,36)/t26-,27+,28?,29-/m0/s1. The molecule has 1 saturated carbocycles. The summed E-state index contributed by atoms with van der Waals surface area (Å²) in [4.78, 5) is 36.6. The fourth-order valence-electron chi connectivity index (χ4n) is 4.85. The lowest BCUT2D eigenvalue weighted by Gasteiger charge is -2.17. The van der Waals surface area contributed by atoms with Crippen LogP contribution in [0.2, 0.25) is 0 Å². The van der Waals surface area contributed by atoms with E-state index in [0.717, 1.165) is 25.7 Å². The second-order valence-corrected chi connectivity index (χ2v) is 10.6. The maximum atomic E-state index is 12.6. The normalized spacial score (nSPS) is 19.5. The van der Waals surface area contributed by atoms with Crippen molar-refractivity contribution in [2.75, 3.05) is 106 Å². The molecule has 0 aliphatic heterocycles. The number of ether oxygens (including phenoxy) is 8. The summed E-state index contributed by atoms with van der Waals surface area (Å²) in [5.74, 6) is 7.11. The van der Waals surface area contributed by atoms with Crippen LogP contribution in [-0.2, 0) is 47.5 Å². The molecule has 1 unspecified atom stereocenters. The first-order valence-electron chi connectivity index (χ1n) is 15.6. The van der Waals surface area contributed by atoms with Crippen molar-refractivity contribution in [3.05, 3.63) is 0 Å². The Hall–Kier alpha value is -2.31. The second-order valence-electron chi connectivity index (χ2n) is 10.6. The zero-order valence-corrected chi connectivity index (χ0v) is 26.4. The van der Waals surface area contributed by atoms with Crippen molar-refractivity contribution in [3.63, 3.8) is 0 Å². The van der Waals surface area contributed by atoms with Crippen LogP contribution in [0.4, 0.5) is 4.79 Å². The highest BCUT2D eigenvalue weighted by Crippen LogP contribution is 2.52. The van der Waals surface area contributed by atoms with E-state index in [9.17, 15) is 14.4 Å². The summed E-state index contributed by atoms with van der Waals surface area (Å²) >= 11 is 0. The van der Waals surface area contributed by atoms with Gasteiger partial charge in [-0.05, 0) is 37.5 Å². The van der Waals surface area contributed by atoms with Crippen molar-refractivity contribution in [3.8, 4) is 11.8 Å². The summed E-state index contributed by atoms with van der Waals surface area (Å²) in [6.07, 6.45) is 3.04. The van der Waals surface area contributed by atoms with Gasteiger partial charge in [0, 0.05) is 32.9 Å². The van der Waals surface area contributed by atoms with Crippen molar-refractivity contribution in [1.29, 1.82) is 0 Å². The zero-order chi connectivity index (χ0) is 31.7. The van der Waals surface area contributed by atoms with E-state index in [4.69, 9.17) is 37.9 Å². The average molecular weight is 629 g/mol. The van der Waals surface area contributed by atoms with Gasteiger partial charge in [0.1, 0.15) is 11.8 Å².